The van der Waals surface area contributed by atoms with Crippen LogP contribution < -0.4 is 14.8 Å². The zero-order valence-corrected chi connectivity index (χ0v) is 17.1. The van der Waals surface area contributed by atoms with Crippen LogP contribution in [0.1, 0.15) is 22.8 Å². The van der Waals surface area contributed by atoms with Crippen molar-refractivity contribution in [3.63, 3.8) is 0 Å². The Hall–Kier alpha value is -3.39. The molecule has 0 spiro atoms. The predicted molar refractivity (Wildman–Crippen MR) is 112 cm³/mol. The van der Waals surface area contributed by atoms with Gasteiger partial charge in [-0.1, -0.05) is 12.1 Å². The lowest BCUT2D eigenvalue weighted by atomic mass is 10.2. The topological polar surface area (TPSA) is 84.5 Å². The van der Waals surface area contributed by atoms with Crippen molar-refractivity contribution in [3.05, 3.63) is 89.7 Å². The summed E-state index contributed by atoms with van der Waals surface area (Å²) in [7, 11) is -3.76. The molecule has 0 aliphatic rings. The van der Waals surface area contributed by atoms with Crippen molar-refractivity contribution in [1.82, 2.24) is 5.32 Å². The average Bonchev–Trinajstić information content (AvgIpc) is 2.74. The summed E-state index contributed by atoms with van der Waals surface area (Å²) in [6.07, 6.45) is 0. The summed E-state index contributed by atoms with van der Waals surface area (Å²) in [6, 6.07) is 18.0. The highest BCUT2D eigenvalue weighted by molar-refractivity contribution is 7.92. The maximum Gasteiger partial charge on any atom is 0.261 e. The van der Waals surface area contributed by atoms with Gasteiger partial charge in [0.25, 0.3) is 15.9 Å². The van der Waals surface area contributed by atoms with Crippen molar-refractivity contribution < 1.29 is 22.3 Å². The Bertz CT molecular complexity index is 1100. The summed E-state index contributed by atoms with van der Waals surface area (Å²) in [6.45, 7) is 2.60. The Morgan fingerprint density at radius 1 is 0.933 bits per heavy atom. The van der Waals surface area contributed by atoms with E-state index < -0.39 is 10.0 Å². The van der Waals surface area contributed by atoms with Crippen LogP contribution in [-0.4, -0.2) is 20.9 Å². The normalized spacial score (nSPS) is 11.0. The molecule has 0 unspecified atom stereocenters. The standard InChI is InChI=1S/C22H21FN2O4S/c1-2-29-20-11-13-21(14-12-20)30(27,28)25-19-9-5-17(6-10-19)22(26)24-15-16-3-7-18(23)8-4-16/h3-14,25H,2,15H2,1H3,(H,24,26). The molecular formula is C22H21FN2O4S. The molecule has 0 fully saturated rings. The van der Waals surface area contributed by atoms with Gasteiger partial charge in [0.2, 0.25) is 0 Å². The smallest absolute Gasteiger partial charge is 0.261 e. The van der Waals surface area contributed by atoms with Crippen LogP contribution >= 0.6 is 0 Å². The maximum atomic E-state index is 12.9. The summed E-state index contributed by atoms with van der Waals surface area (Å²) >= 11 is 0. The third-order valence-corrected chi connectivity index (χ3v) is 5.61. The minimum absolute atomic E-state index is 0.104. The van der Waals surface area contributed by atoms with Crippen LogP contribution in [-0.2, 0) is 16.6 Å². The summed E-state index contributed by atoms with van der Waals surface area (Å²) in [4.78, 5) is 12.4. The molecule has 0 radical (unpaired) electrons. The SMILES string of the molecule is CCOc1ccc(S(=O)(=O)Nc2ccc(C(=O)NCc3ccc(F)cc3)cc2)cc1. The number of rotatable bonds is 8. The van der Waals surface area contributed by atoms with E-state index >= 15 is 0 Å². The van der Waals surface area contributed by atoms with Gasteiger partial charge in [0, 0.05) is 17.8 Å². The van der Waals surface area contributed by atoms with Crippen molar-refractivity contribution >= 4 is 21.6 Å². The fraction of sp³-hybridized carbons (Fsp3) is 0.136. The zero-order chi connectivity index (χ0) is 21.6. The number of nitrogens with one attached hydrogen (secondary N) is 2. The third kappa shape index (κ3) is 5.57. The molecule has 3 rings (SSSR count). The molecule has 2 N–H and O–H groups in total. The molecule has 6 nitrogen and oxygen atoms in total. The first-order valence-corrected chi connectivity index (χ1v) is 10.7. The van der Waals surface area contributed by atoms with E-state index in [0.717, 1.165) is 5.56 Å². The molecule has 156 valence electrons. The molecule has 30 heavy (non-hydrogen) atoms. The molecule has 0 atom stereocenters. The fourth-order valence-corrected chi connectivity index (χ4v) is 3.73. The van der Waals surface area contributed by atoms with E-state index in [1.165, 1.54) is 48.5 Å². The van der Waals surface area contributed by atoms with E-state index in [1.54, 1.807) is 24.3 Å². The highest BCUT2D eigenvalue weighted by Gasteiger charge is 2.15. The first kappa shape index (κ1) is 21.3. The number of amides is 1. The Kier molecular flexibility index (Phi) is 6.68. The quantitative estimate of drug-likeness (QED) is 0.569. The minimum atomic E-state index is -3.76. The van der Waals surface area contributed by atoms with Crippen LogP contribution in [0.25, 0.3) is 0 Å². The molecule has 1 amide bonds. The lowest BCUT2D eigenvalue weighted by Crippen LogP contribution is -2.22. The van der Waals surface area contributed by atoms with Crippen molar-refractivity contribution in [2.45, 2.75) is 18.4 Å². The molecule has 0 saturated heterocycles. The fourth-order valence-electron chi connectivity index (χ4n) is 2.67. The van der Waals surface area contributed by atoms with E-state index in [-0.39, 0.29) is 23.2 Å². The van der Waals surface area contributed by atoms with E-state index in [4.69, 9.17) is 4.74 Å². The van der Waals surface area contributed by atoms with Crippen molar-refractivity contribution in [2.75, 3.05) is 11.3 Å². The van der Waals surface area contributed by atoms with E-state index in [9.17, 15) is 17.6 Å². The third-order valence-electron chi connectivity index (χ3n) is 4.21. The molecule has 8 heteroatoms. The Morgan fingerprint density at radius 3 is 2.17 bits per heavy atom. The van der Waals surface area contributed by atoms with E-state index in [0.29, 0.717) is 23.6 Å². The number of hydrogen-bond acceptors (Lipinski definition) is 4. The molecule has 0 saturated carbocycles. The first-order valence-electron chi connectivity index (χ1n) is 9.26. The van der Waals surface area contributed by atoms with E-state index in [1.807, 2.05) is 6.92 Å². The van der Waals surface area contributed by atoms with Crippen molar-refractivity contribution in [3.8, 4) is 5.75 Å². The van der Waals surface area contributed by atoms with Gasteiger partial charge in [0.1, 0.15) is 11.6 Å². The summed E-state index contributed by atoms with van der Waals surface area (Å²) in [5.74, 6) is -0.0685. The summed E-state index contributed by atoms with van der Waals surface area (Å²) in [5, 5.41) is 2.73. The van der Waals surface area contributed by atoms with Crippen LogP contribution in [0.5, 0.6) is 5.75 Å². The number of benzene rings is 3. The van der Waals surface area contributed by atoms with Gasteiger partial charge >= 0.3 is 0 Å². The van der Waals surface area contributed by atoms with Gasteiger partial charge in [0.05, 0.1) is 11.5 Å². The number of sulfonamides is 1. The molecule has 3 aromatic rings. The number of carbonyl (C=O) groups excluding carboxylic acids is 1. The molecule has 0 aliphatic carbocycles. The molecule has 0 heterocycles. The molecule has 0 aliphatic heterocycles. The van der Waals surface area contributed by atoms with Gasteiger partial charge in [-0.05, 0) is 73.2 Å². The number of anilines is 1. The van der Waals surface area contributed by atoms with Gasteiger partial charge in [-0.3, -0.25) is 9.52 Å². The second-order valence-electron chi connectivity index (χ2n) is 6.40. The number of carbonyl (C=O) groups is 1. The summed E-state index contributed by atoms with van der Waals surface area (Å²) in [5.41, 5.74) is 1.48. The van der Waals surface area contributed by atoms with Crippen molar-refractivity contribution in [2.24, 2.45) is 0 Å². The lowest BCUT2D eigenvalue weighted by Gasteiger charge is -2.10. The second kappa shape index (κ2) is 9.41. The second-order valence-corrected chi connectivity index (χ2v) is 8.08. The number of halogens is 1. The Morgan fingerprint density at radius 2 is 1.57 bits per heavy atom. The van der Waals surface area contributed by atoms with E-state index in [2.05, 4.69) is 10.0 Å². The molecule has 0 aromatic heterocycles. The molecule has 0 bridgehead atoms. The van der Waals surface area contributed by atoms with Crippen LogP contribution in [0.4, 0.5) is 10.1 Å². The van der Waals surface area contributed by atoms with Gasteiger partial charge in [0.15, 0.2) is 0 Å². The largest absolute Gasteiger partial charge is 0.494 e. The lowest BCUT2D eigenvalue weighted by molar-refractivity contribution is 0.0951. The maximum absolute atomic E-state index is 12.9. The first-order chi connectivity index (χ1) is 14.4. The Balaban J connectivity index is 1.61. The Labute approximate surface area is 174 Å². The van der Waals surface area contributed by atoms with Gasteiger partial charge in [-0.15, -0.1) is 0 Å². The zero-order valence-electron chi connectivity index (χ0n) is 16.3. The van der Waals surface area contributed by atoms with Gasteiger partial charge in [-0.25, -0.2) is 12.8 Å². The van der Waals surface area contributed by atoms with Crippen LogP contribution in [0.2, 0.25) is 0 Å². The van der Waals surface area contributed by atoms with Crippen LogP contribution in [0.3, 0.4) is 0 Å². The highest BCUT2D eigenvalue weighted by atomic mass is 32.2. The average molecular weight is 428 g/mol. The van der Waals surface area contributed by atoms with Crippen molar-refractivity contribution in [1.29, 1.82) is 0 Å². The molecular weight excluding hydrogens is 407 g/mol. The highest BCUT2D eigenvalue weighted by Crippen LogP contribution is 2.20. The molecule has 3 aromatic carbocycles. The van der Waals surface area contributed by atoms with Crippen LogP contribution in [0, 0.1) is 5.82 Å². The van der Waals surface area contributed by atoms with Gasteiger partial charge in [-0.2, -0.15) is 0 Å². The summed E-state index contributed by atoms with van der Waals surface area (Å²) < 4.78 is 45.7. The van der Waals surface area contributed by atoms with Gasteiger partial charge < -0.3 is 10.1 Å². The predicted octanol–water partition coefficient (Wildman–Crippen LogP) is 3.96. The number of ether oxygens (including phenoxy) is 1. The number of hydrogen-bond donors (Lipinski definition) is 2. The minimum Gasteiger partial charge on any atom is -0.494 e. The van der Waals surface area contributed by atoms with Crippen LogP contribution in [0.15, 0.2) is 77.7 Å². The monoisotopic (exact) mass is 428 g/mol.